The van der Waals surface area contributed by atoms with Gasteiger partial charge in [-0.3, -0.25) is 0 Å². The SMILES string of the molecule is CCCCOOC(C)(C)CC(C)O. The van der Waals surface area contributed by atoms with Gasteiger partial charge in [0, 0.05) is 6.42 Å². The summed E-state index contributed by atoms with van der Waals surface area (Å²) in [6.07, 6.45) is 2.33. The second-order valence-corrected chi connectivity index (χ2v) is 4.07. The molecule has 0 aliphatic heterocycles. The lowest BCUT2D eigenvalue weighted by molar-refractivity contribution is -0.357. The topological polar surface area (TPSA) is 38.7 Å². The van der Waals surface area contributed by atoms with E-state index in [2.05, 4.69) is 6.92 Å². The number of aliphatic hydroxyl groups excluding tert-OH is 1. The van der Waals surface area contributed by atoms with E-state index in [4.69, 9.17) is 14.9 Å². The summed E-state index contributed by atoms with van der Waals surface area (Å²) in [7, 11) is 0. The van der Waals surface area contributed by atoms with E-state index in [1.807, 2.05) is 13.8 Å². The van der Waals surface area contributed by atoms with Gasteiger partial charge in [0.1, 0.15) is 5.60 Å². The molecule has 0 saturated heterocycles. The molecule has 1 N–H and O–H groups in total. The van der Waals surface area contributed by atoms with E-state index in [0.29, 0.717) is 13.0 Å². The molecule has 0 amide bonds. The number of aliphatic hydroxyl groups is 1. The lowest BCUT2D eigenvalue weighted by atomic mass is 10.0. The van der Waals surface area contributed by atoms with Gasteiger partial charge in [-0.25, -0.2) is 9.78 Å². The van der Waals surface area contributed by atoms with E-state index in [1.54, 1.807) is 6.92 Å². The van der Waals surface area contributed by atoms with Gasteiger partial charge >= 0.3 is 0 Å². The van der Waals surface area contributed by atoms with Crippen molar-refractivity contribution in [2.75, 3.05) is 6.61 Å². The second-order valence-electron chi connectivity index (χ2n) is 4.07. The Labute approximate surface area is 81.0 Å². The summed E-state index contributed by atoms with van der Waals surface area (Å²) in [5, 5.41) is 9.16. The van der Waals surface area contributed by atoms with Gasteiger partial charge < -0.3 is 5.11 Å². The van der Waals surface area contributed by atoms with E-state index in [9.17, 15) is 0 Å². The maximum atomic E-state index is 9.16. The van der Waals surface area contributed by atoms with Crippen LogP contribution in [0, 0.1) is 0 Å². The quantitative estimate of drug-likeness (QED) is 0.380. The number of hydrogen-bond donors (Lipinski definition) is 1. The van der Waals surface area contributed by atoms with Gasteiger partial charge in [0.2, 0.25) is 0 Å². The maximum absolute atomic E-state index is 9.16. The van der Waals surface area contributed by atoms with Gasteiger partial charge in [0.25, 0.3) is 0 Å². The number of unbranched alkanes of at least 4 members (excludes halogenated alkanes) is 1. The molecule has 0 aliphatic rings. The van der Waals surface area contributed by atoms with Crippen molar-refractivity contribution in [1.82, 2.24) is 0 Å². The van der Waals surface area contributed by atoms with Crippen molar-refractivity contribution >= 4 is 0 Å². The zero-order chi connectivity index (χ0) is 10.3. The van der Waals surface area contributed by atoms with Gasteiger partial charge in [0.05, 0.1) is 12.7 Å². The molecule has 1 unspecified atom stereocenters. The predicted molar refractivity (Wildman–Crippen MR) is 52.3 cm³/mol. The normalized spacial score (nSPS) is 14.5. The fraction of sp³-hybridized carbons (Fsp3) is 1.00. The lowest BCUT2D eigenvalue weighted by Gasteiger charge is -2.24. The Hall–Kier alpha value is -0.120. The highest BCUT2D eigenvalue weighted by atomic mass is 17.2. The lowest BCUT2D eigenvalue weighted by Crippen LogP contribution is -2.29. The molecule has 0 saturated carbocycles. The molecule has 0 radical (unpaired) electrons. The van der Waals surface area contributed by atoms with Crippen molar-refractivity contribution in [3.05, 3.63) is 0 Å². The van der Waals surface area contributed by atoms with Crippen LogP contribution in [0.15, 0.2) is 0 Å². The summed E-state index contributed by atoms with van der Waals surface area (Å²) in [5.74, 6) is 0. The molecule has 0 aromatic heterocycles. The van der Waals surface area contributed by atoms with Crippen molar-refractivity contribution in [3.63, 3.8) is 0 Å². The molecule has 3 nitrogen and oxygen atoms in total. The predicted octanol–water partition coefficient (Wildman–Crippen LogP) is 2.28. The van der Waals surface area contributed by atoms with Crippen LogP contribution in [0.1, 0.15) is 47.0 Å². The molecule has 0 bridgehead atoms. The summed E-state index contributed by atoms with van der Waals surface area (Å²) in [6.45, 7) is 8.29. The van der Waals surface area contributed by atoms with Crippen LogP contribution in [0.2, 0.25) is 0 Å². The largest absolute Gasteiger partial charge is 0.393 e. The van der Waals surface area contributed by atoms with E-state index >= 15 is 0 Å². The van der Waals surface area contributed by atoms with E-state index in [1.165, 1.54) is 0 Å². The first-order valence-corrected chi connectivity index (χ1v) is 4.96. The van der Waals surface area contributed by atoms with Crippen molar-refractivity contribution in [3.8, 4) is 0 Å². The maximum Gasteiger partial charge on any atom is 0.100 e. The summed E-state index contributed by atoms with van der Waals surface area (Å²) >= 11 is 0. The Morgan fingerprint density at radius 2 is 2.00 bits per heavy atom. The standard InChI is InChI=1S/C10H22O3/c1-5-6-7-12-13-10(3,4)8-9(2)11/h9,11H,5-8H2,1-4H3. The highest BCUT2D eigenvalue weighted by molar-refractivity contribution is 4.69. The first-order valence-electron chi connectivity index (χ1n) is 4.96. The van der Waals surface area contributed by atoms with Gasteiger partial charge in [-0.05, 0) is 27.2 Å². The molecule has 3 heteroatoms. The molecule has 0 aromatic carbocycles. The highest BCUT2D eigenvalue weighted by Crippen LogP contribution is 2.17. The van der Waals surface area contributed by atoms with Crippen LogP contribution in [0.25, 0.3) is 0 Å². The summed E-state index contributed by atoms with van der Waals surface area (Å²) in [6, 6.07) is 0. The Morgan fingerprint density at radius 1 is 1.38 bits per heavy atom. The third-order valence-corrected chi connectivity index (χ3v) is 1.65. The zero-order valence-electron chi connectivity index (χ0n) is 9.17. The monoisotopic (exact) mass is 190 g/mol. The summed E-state index contributed by atoms with van der Waals surface area (Å²) < 4.78 is 0. The molecule has 0 spiro atoms. The Morgan fingerprint density at radius 3 is 2.46 bits per heavy atom. The average Bonchev–Trinajstić information content (AvgIpc) is 1.95. The van der Waals surface area contributed by atoms with Gasteiger partial charge in [-0.15, -0.1) is 0 Å². The van der Waals surface area contributed by atoms with Crippen molar-refractivity contribution in [2.24, 2.45) is 0 Å². The van der Waals surface area contributed by atoms with Crippen molar-refractivity contribution in [2.45, 2.75) is 58.7 Å². The summed E-state index contributed by atoms with van der Waals surface area (Å²) in [5.41, 5.74) is -0.401. The van der Waals surface area contributed by atoms with Crippen LogP contribution in [0.4, 0.5) is 0 Å². The van der Waals surface area contributed by atoms with E-state index in [-0.39, 0.29) is 6.10 Å². The second kappa shape index (κ2) is 6.35. The molecule has 1 atom stereocenters. The van der Waals surface area contributed by atoms with E-state index in [0.717, 1.165) is 12.8 Å². The zero-order valence-corrected chi connectivity index (χ0v) is 9.17. The molecule has 0 fully saturated rings. The third kappa shape index (κ3) is 8.22. The number of rotatable bonds is 7. The minimum atomic E-state index is -0.401. The van der Waals surface area contributed by atoms with Crippen LogP contribution in [0.3, 0.4) is 0 Å². The van der Waals surface area contributed by atoms with Gasteiger partial charge in [-0.2, -0.15) is 0 Å². The number of hydrogen-bond acceptors (Lipinski definition) is 3. The fourth-order valence-corrected chi connectivity index (χ4v) is 1.15. The Kier molecular flexibility index (Phi) is 6.29. The van der Waals surface area contributed by atoms with Gasteiger partial charge in [0.15, 0.2) is 0 Å². The molecule has 13 heavy (non-hydrogen) atoms. The van der Waals surface area contributed by atoms with Crippen molar-refractivity contribution in [1.29, 1.82) is 0 Å². The molecular weight excluding hydrogens is 168 g/mol. The van der Waals surface area contributed by atoms with Crippen LogP contribution in [-0.2, 0) is 9.78 Å². The smallest absolute Gasteiger partial charge is 0.100 e. The summed E-state index contributed by atoms with van der Waals surface area (Å²) in [4.78, 5) is 10.2. The van der Waals surface area contributed by atoms with Crippen LogP contribution < -0.4 is 0 Å². The minimum absolute atomic E-state index is 0.357. The van der Waals surface area contributed by atoms with Crippen LogP contribution in [0.5, 0.6) is 0 Å². The molecule has 0 rings (SSSR count). The molecule has 80 valence electrons. The van der Waals surface area contributed by atoms with Crippen LogP contribution >= 0.6 is 0 Å². The molecular formula is C10H22O3. The van der Waals surface area contributed by atoms with Gasteiger partial charge in [-0.1, -0.05) is 13.3 Å². The Bertz CT molecular complexity index is 121. The fourth-order valence-electron chi connectivity index (χ4n) is 1.15. The molecule has 0 aliphatic carbocycles. The van der Waals surface area contributed by atoms with Crippen LogP contribution in [-0.4, -0.2) is 23.4 Å². The van der Waals surface area contributed by atoms with E-state index < -0.39 is 5.60 Å². The highest BCUT2D eigenvalue weighted by Gasteiger charge is 2.22. The minimum Gasteiger partial charge on any atom is -0.393 e. The molecule has 0 heterocycles. The average molecular weight is 190 g/mol. The van der Waals surface area contributed by atoms with Crippen molar-refractivity contribution < 1.29 is 14.9 Å². The first kappa shape index (κ1) is 12.9. The molecule has 0 aromatic rings. The first-order chi connectivity index (χ1) is 5.98. The third-order valence-electron chi connectivity index (χ3n) is 1.65. The Balaban J connectivity index is 3.50.